The Labute approximate surface area is 88.3 Å². The number of nitrogens with one attached hydrogen (secondary N) is 1. The van der Waals surface area contributed by atoms with Crippen LogP contribution in [0.3, 0.4) is 0 Å². The quantitative estimate of drug-likeness (QED) is 0.769. The summed E-state index contributed by atoms with van der Waals surface area (Å²) in [7, 11) is 0. The number of carboxylic acids is 1. The highest BCUT2D eigenvalue weighted by Crippen LogP contribution is 2.24. The van der Waals surface area contributed by atoms with Gasteiger partial charge in [0.15, 0.2) is 0 Å². The molecule has 0 bridgehead atoms. The number of hydrogen-bond donors (Lipinski definition) is 2. The first-order chi connectivity index (χ1) is 7.23. The number of hydrogen-bond acceptors (Lipinski definition) is 3. The predicted molar refractivity (Wildman–Crippen MR) is 55.5 cm³/mol. The van der Waals surface area contributed by atoms with Gasteiger partial charge in [0.1, 0.15) is 5.54 Å². The molecule has 15 heavy (non-hydrogen) atoms. The highest BCUT2D eigenvalue weighted by atomic mass is 16.4. The molecule has 0 aliphatic carbocycles. The first-order valence-electron chi connectivity index (χ1n) is 5.10. The smallest absolute Gasteiger partial charge is 0.324 e. The molecule has 0 spiro atoms. The molecule has 0 aromatic carbocycles. The summed E-state index contributed by atoms with van der Waals surface area (Å²) in [6, 6.07) is 3.73. The summed E-state index contributed by atoms with van der Waals surface area (Å²) in [6.07, 6.45) is 5.55. The van der Waals surface area contributed by atoms with Gasteiger partial charge in [0.2, 0.25) is 0 Å². The number of pyridine rings is 1. The molecule has 1 unspecified atom stereocenters. The highest BCUT2D eigenvalue weighted by molar-refractivity contribution is 5.79. The van der Waals surface area contributed by atoms with Crippen molar-refractivity contribution in [1.82, 2.24) is 10.3 Å². The van der Waals surface area contributed by atoms with Gasteiger partial charge in [0.05, 0.1) is 0 Å². The molecule has 1 aromatic rings. The molecule has 2 N–H and O–H groups in total. The Morgan fingerprint density at radius 3 is 2.80 bits per heavy atom. The lowest BCUT2D eigenvalue weighted by Gasteiger charge is -2.24. The van der Waals surface area contributed by atoms with E-state index in [-0.39, 0.29) is 0 Å². The Balaban J connectivity index is 2.18. The van der Waals surface area contributed by atoms with Gasteiger partial charge < -0.3 is 10.4 Å². The molecule has 1 saturated heterocycles. The second-order valence-corrected chi connectivity index (χ2v) is 3.95. The van der Waals surface area contributed by atoms with Crippen LogP contribution in [-0.2, 0) is 11.2 Å². The van der Waals surface area contributed by atoms with E-state index in [1.54, 1.807) is 12.4 Å². The van der Waals surface area contributed by atoms with E-state index < -0.39 is 11.5 Å². The molecular formula is C11H14N2O2. The summed E-state index contributed by atoms with van der Waals surface area (Å²) in [5.74, 6) is -0.753. The lowest BCUT2D eigenvalue weighted by molar-refractivity contribution is -0.144. The van der Waals surface area contributed by atoms with Gasteiger partial charge in [-0.05, 0) is 37.1 Å². The summed E-state index contributed by atoms with van der Waals surface area (Å²) in [5.41, 5.74) is 0.253. The van der Waals surface area contributed by atoms with Crippen LogP contribution in [0.4, 0.5) is 0 Å². The monoisotopic (exact) mass is 206 g/mol. The first kappa shape index (κ1) is 10.1. The molecule has 4 heteroatoms. The van der Waals surface area contributed by atoms with Crippen molar-refractivity contribution in [2.45, 2.75) is 24.8 Å². The average molecular weight is 206 g/mol. The van der Waals surface area contributed by atoms with Gasteiger partial charge in [-0.1, -0.05) is 0 Å². The number of rotatable bonds is 3. The summed E-state index contributed by atoms with van der Waals surface area (Å²) < 4.78 is 0. The van der Waals surface area contributed by atoms with E-state index in [4.69, 9.17) is 0 Å². The van der Waals surface area contributed by atoms with E-state index in [1.807, 2.05) is 12.1 Å². The molecule has 1 aliphatic rings. The molecule has 1 aromatic heterocycles. The Morgan fingerprint density at radius 2 is 2.27 bits per heavy atom. The average Bonchev–Trinajstić information content (AvgIpc) is 2.69. The van der Waals surface area contributed by atoms with Crippen LogP contribution in [0.5, 0.6) is 0 Å². The maximum atomic E-state index is 11.2. The maximum absolute atomic E-state index is 11.2. The van der Waals surface area contributed by atoms with E-state index in [0.29, 0.717) is 12.8 Å². The minimum Gasteiger partial charge on any atom is -0.480 e. The number of carboxylic acid groups (broad SMARTS) is 1. The number of aromatic nitrogens is 1. The summed E-state index contributed by atoms with van der Waals surface area (Å²) in [5, 5.41) is 12.3. The second-order valence-electron chi connectivity index (χ2n) is 3.95. The van der Waals surface area contributed by atoms with Gasteiger partial charge in [-0.3, -0.25) is 9.78 Å². The van der Waals surface area contributed by atoms with Crippen LogP contribution in [0.1, 0.15) is 18.4 Å². The fourth-order valence-corrected chi connectivity index (χ4v) is 2.06. The Hall–Kier alpha value is -1.42. The van der Waals surface area contributed by atoms with Crippen LogP contribution in [0.15, 0.2) is 24.5 Å². The largest absolute Gasteiger partial charge is 0.480 e. The van der Waals surface area contributed by atoms with E-state index >= 15 is 0 Å². The minimum absolute atomic E-state index is 0.533. The molecule has 80 valence electrons. The van der Waals surface area contributed by atoms with Crippen LogP contribution in [0, 0.1) is 0 Å². The van der Waals surface area contributed by atoms with Crippen molar-refractivity contribution in [3.63, 3.8) is 0 Å². The zero-order valence-corrected chi connectivity index (χ0v) is 8.44. The third kappa shape index (κ3) is 1.99. The number of carbonyl (C=O) groups is 1. The number of nitrogens with zero attached hydrogens (tertiary/aromatic N) is 1. The third-order valence-corrected chi connectivity index (χ3v) is 2.91. The standard InChI is InChI=1S/C11H14N2O2/c14-10(15)11(4-1-5-13-11)8-9-2-6-12-7-3-9/h2-3,6-7,13H,1,4-5,8H2,(H,14,15). The maximum Gasteiger partial charge on any atom is 0.324 e. The van der Waals surface area contributed by atoms with Crippen molar-refractivity contribution >= 4 is 5.97 Å². The van der Waals surface area contributed by atoms with Crippen molar-refractivity contribution < 1.29 is 9.90 Å². The van der Waals surface area contributed by atoms with Gasteiger partial charge in [-0.2, -0.15) is 0 Å². The van der Waals surface area contributed by atoms with Crippen molar-refractivity contribution in [2.24, 2.45) is 0 Å². The van der Waals surface area contributed by atoms with Gasteiger partial charge >= 0.3 is 5.97 Å². The van der Waals surface area contributed by atoms with Crippen LogP contribution < -0.4 is 5.32 Å². The lowest BCUT2D eigenvalue weighted by Crippen LogP contribution is -2.49. The molecule has 2 rings (SSSR count). The van der Waals surface area contributed by atoms with Crippen LogP contribution in [0.25, 0.3) is 0 Å². The normalized spacial score (nSPS) is 25.3. The fourth-order valence-electron chi connectivity index (χ4n) is 2.06. The van der Waals surface area contributed by atoms with Crippen LogP contribution >= 0.6 is 0 Å². The van der Waals surface area contributed by atoms with E-state index in [9.17, 15) is 9.90 Å². The summed E-state index contributed by atoms with van der Waals surface area (Å²) >= 11 is 0. The zero-order chi connectivity index (χ0) is 10.7. The van der Waals surface area contributed by atoms with E-state index in [2.05, 4.69) is 10.3 Å². The van der Waals surface area contributed by atoms with Crippen molar-refractivity contribution in [3.05, 3.63) is 30.1 Å². The fraction of sp³-hybridized carbons (Fsp3) is 0.455. The Kier molecular flexibility index (Phi) is 2.68. The van der Waals surface area contributed by atoms with E-state index in [0.717, 1.165) is 18.5 Å². The van der Waals surface area contributed by atoms with Gasteiger partial charge in [0.25, 0.3) is 0 Å². The van der Waals surface area contributed by atoms with E-state index in [1.165, 1.54) is 0 Å². The van der Waals surface area contributed by atoms with Crippen molar-refractivity contribution in [2.75, 3.05) is 6.54 Å². The molecule has 2 heterocycles. The summed E-state index contributed by atoms with van der Waals surface area (Å²) in [4.78, 5) is 15.2. The molecule has 1 fully saturated rings. The first-order valence-corrected chi connectivity index (χ1v) is 5.10. The molecule has 4 nitrogen and oxygen atoms in total. The topological polar surface area (TPSA) is 62.2 Å². The van der Waals surface area contributed by atoms with Gasteiger partial charge in [-0.25, -0.2) is 0 Å². The number of aliphatic carboxylic acids is 1. The van der Waals surface area contributed by atoms with Crippen molar-refractivity contribution in [3.8, 4) is 0 Å². The Morgan fingerprint density at radius 1 is 1.53 bits per heavy atom. The zero-order valence-electron chi connectivity index (χ0n) is 8.44. The molecular weight excluding hydrogens is 192 g/mol. The predicted octanol–water partition coefficient (Wildman–Crippen LogP) is 0.831. The van der Waals surface area contributed by atoms with Gasteiger partial charge in [0, 0.05) is 18.8 Å². The third-order valence-electron chi connectivity index (χ3n) is 2.91. The van der Waals surface area contributed by atoms with Crippen molar-refractivity contribution in [1.29, 1.82) is 0 Å². The second kappa shape index (κ2) is 3.98. The summed E-state index contributed by atoms with van der Waals surface area (Å²) in [6.45, 7) is 0.789. The molecule has 0 saturated carbocycles. The molecule has 0 amide bonds. The minimum atomic E-state index is -0.763. The van der Waals surface area contributed by atoms with Crippen LogP contribution in [0.2, 0.25) is 0 Å². The van der Waals surface area contributed by atoms with Gasteiger partial charge in [-0.15, -0.1) is 0 Å². The highest BCUT2D eigenvalue weighted by Gasteiger charge is 2.40. The van der Waals surface area contributed by atoms with Crippen LogP contribution in [-0.4, -0.2) is 28.1 Å². The Bertz CT molecular complexity index is 345. The molecule has 1 atom stereocenters. The SMILES string of the molecule is O=C(O)C1(Cc2ccncc2)CCCN1. The molecule has 1 aliphatic heterocycles. The molecule has 0 radical (unpaired) electrons. The lowest BCUT2D eigenvalue weighted by atomic mass is 9.90.